The molecule has 0 aromatic carbocycles. The Morgan fingerprint density at radius 1 is 1.06 bits per heavy atom. The molecule has 0 amide bonds. The molecule has 1 unspecified atom stereocenters. The molecule has 1 aliphatic heterocycles. The van der Waals surface area contributed by atoms with Crippen LogP contribution in [0.4, 0.5) is 0 Å². The largest absolute Gasteiger partial charge is 0.308 e. The Morgan fingerprint density at radius 2 is 1.67 bits per heavy atom. The normalized spacial score (nSPS) is 31.2. The summed E-state index contributed by atoms with van der Waals surface area (Å²) in [6.07, 6.45) is 11.2. The van der Waals surface area contributed by atoms with Gasteiger partial charge in [-0.25, -0.2) is 0 Å². The summed E-state index contributed by atoms with van der Waals surface area (Å²) in [5.41, 5.74) is 0.388. The second kappa shape index (κ2) is 6.38. The van der Waals surface area contributed by atoms with Crippen molar-refractivity contribution in [1.29, 1.82) is 0 Å². The van der Waals surface area contributed by atoms with Gasteiger partial charge in [-0.3, -0.25) is 4.90 Å². The molecule has 2 aliphatic rings. The molecule has 106 valence electrons. The summed E-state index contributed by atoms with van der Waals surface area (Å²) in [7, 11) is 0. The van der Waals surface area contributed by atoms with E-state index in [1.807, 2.05) is 0 Å². The quantitative estimate of drug-likeness (QED) is 0.773. The first-order valence-electron chi connectivity index (χ1n) is 8.21. The molecule has 2 rings (SSSR count). The maximum Gasteiger partial charge on any atom is 0.0304 e. The van der Waals surface area contributed by atoms with Gasteiger partial charge in [-0.15, -0.1) is 0 Å². The van der Waals surface area contributed by atoms with Gasteiger partial charge in [0.05, 0.1) is 0 Å². The molecule has 2 heteroatoms. The van der Waals surface area contributed by atoms with Gasteiger partial charge in [-0.05, 0) is 32.6 Å². The molecule has 18 heavy (non-hydrogen) atoms. The smallest absolute Gasteiger partial charge is 0.0304 e. The molecule has 1 saturated heterocycles. The Bertz CT molecular complexity index is 239. The third-order valence-electron chi connectivity index (χ3n) is 5.47. The van der Waals surface area contributed by atoms with Gasteiger partial charge in [0.1, 0.15) is 0 Å². The Morgan fingerprint density at radius 3 is 2.22 bits per heavy atom. The van der Waals surface area contributed by atoms with Gasteiger partial charge in [0, 0.05) is 30.7 Å². The number of hydrogen-bond donors (Lipinski definition) is 1. The highest BCUT2D eigenvalue weighted by Gasteiger charge is 2.37. The Kier molecular flexibility index (Phi) is 5.08. The van der Waals surface area contributed by atoms with Crippen molar-refractivity contribution in [2.75, 3.05) is 13.1 Å². The van der Waals surface area contributed by atoms with E-state index in [2.05, 4.69) is 31.0 Å². The highest BCUT2D eigenvalue weighted by molar-refractivity contribution is 4.97. The minimum atomic E-state index is 0.388. The highest BCUT2D eigenvalue weighted by Crippen LogP contribution is 2.29. The van der Waals surface area contributed by atoms with Crippen LogP contribution in [0.2, 0.25) is 0 Å². The van der Waals surface area contributed by atoms with Crippen LogP contribution in [-0.4, -0.2) is 35.6 Å². The van der Waals surface area contributed by atoms with Crippen LogP contribution in [0, 0.1) is 0 Å². The van der Waals surface area contributed by atoms with Crippen molar-refractivity contribution in [2.24, 2.45) is 0 Å². The fourth-order valence-electron chi connectivity index (χ4n) is 3.84. The van der Waals surface area contributed by atoms with Crippen molar-refractivity contribution in [1.82, 2.24) is 10.2 Å². The zero-order valence-electron chi connectivity index (χ0n) is 12.7. The van der Waals surface area contributed by atoms with Gasteiger partial charge >= 0.3 is 0 Å². The molecule has 1 saturated carbocycles. The fraction of sp³-hybridized carbons (Fsp3) is 1.00. The average molecular weight is 252 g/mol. The Labute approximate surface area is 114 Å². The molecule has 0 bridgehead atoms. The first-order chi connectivity index (χ1) is 8.71. The third-order valence-corrected chi connectivity index (χ3v) is 5.47. The van der Waals surface area contributed by atoms with Gasteiger partial charge in [-0.1, -0.05) is 39.5 Å². The second-order valence-corrected chi connectivity index (χ2v) is 6.54. The number of hydrogen-bond acceptors (Lipinski definition) is 2. The van der Waals surface area contributed by atoms with E-state index in [4.69, 9.17) is 0 Å². The Balaban J connectivity index is 2.04. The van der Waals surface area contributed by atoms with Crippen molar-refractivity contribution in [3.05, 3.63) is 0 Å². The minimum absolute atomic E-state index is 0.388. The van der Waals surface area contributed by atoms with Gasteiger partial charge < -0.3 is 5.32 Å². The van der Waals surface area contributed by atoms with Gasteiger partial charge in [0.2, 0.25) is 0 Å². The summed E-state index contributed by atoms with van der Waals surface area (Å²) < 4.78 is 0. The summed E-state index contributed by atoms with van der Waals surface area (Å²) in [6, 6.07) is 1.58. The molecule has 2 fully saturated rings. The Hall–Kier alpha value is -0.0800. The second-order valence-electron chi connectivity index (χ2n) is 6.54. The van der Waals surface area contributed by atoms with Crippen LogP contribution >= 0.6 is 0 Å². The van der Waals surface area contributed by atoms with Gasteiger partial charge in [0.15, 0.2) is 0 Å². The topological polar surface area (TPSA) is 15.3 Å². The van der Waals surface area contributed by atoms with E-state index in [9.17, 15) is 0 Å². The molecule has 0 aromatic heterocycles. The summed E-state index contributed by atoms with van der Waals surface area (Å²) in [5.74, 6) is 0. The molecule has 0 radical (unpaired) electrons. The van der Waals surface area contributed by atoms with E-state index in [0.29, 0.717) is 5.54 Å². The maximum absolute atomic E-state index is 3.82. The number of nitrogens with one attached hydrogen (secondary N) is 1. The van der Waals surface area contributed by atoms with E-state index in [1.165, 1.54) is 64.5 Å². The zero-order chi connectivity index (χ0) is 13.0. The van der Waals surface area contributed by atoms with Crippen LogP contribution in [0.3, 0.4) is 0 Å². The van der Waals surface area contributed by atoms with Crippen molar-refractivity contribution in [3.8, 4) is 0 Å². The predicted octanol–water partition coefficient (Wildman–Crippen LogP) is 3.56. The van der Waals surface area contributed by atoms with Crippen molar-refractivity contribution < 1.29 is 0 Å². The fourth-order valence-corrected chi connectivity index (χ4v) is 3.84. The van der Waals surface area contributed by atoms with Crippen LogP contribution in [0.5, 0.6) is 0 Å². The summed E-state index contributed by atoms with van der Waals surface area (Å²) in [6.45, 7) is 9.55. The van der Waals surface area contributed by atoms with Crippen molar-refractivity contribution in [2.45, 2.75) is 89.8 Å². The molecule has 2 nitrogen and oxygen atoms in total. The SMILES string of the molecule is CCC1(CC)CN(C2CCCCCC2)C(C)CN1. The number of nitrogens with zero attached hydrogens (tertiary/aromatic N) is 1. The van der Waals surface area contributed by atoms with Gasteiger partial charge in [0.25, 0.3) is 0 Å². The van der Waals surface area contributed by atoms with Crippen LogP contribution < -0.4 is 5.32 Å². The van der Waals surface area contributed by atoms with Crippen LogP contribution in [-0.2, 0) is 0 Å². The molecule has 1 aliphatic carbocycles. The standard InChI is InChI=1S/C16H32N2/c1-4-16(5-2)13-18(14(3)12-17-16)15-10-8-6-7-9-11-15/h14-15,17H,4-13H2,1-3H3. The van der Waals surface area contributed by atoms with Crippen molar-refractivity contribution in [3.63, 3.8) is 0 Å². The lowest BCUT2D eigenvalue weighted by Crippen LogP contribution is -2.65. The molecule has 0 aromatic rings. The lowest BCUT2D eigenvalue weighted by atomic mass is 9.87. The van der Waals surface area contributed by atoms with E-state index < -0.39 is 0 Å². The predicted molar refractivity (Wildman–Crippen MR) is 79.0 cm³/mol. The molecule has 1 atom stereocenters. The summed E-state index contributed by atoms with van der Waals surface area (Å²) in [5, 5.41) is 3.82. The molecular weight excluding hydrogens is 220 g/mol. The third kappa shape index (κ3) is 3.08. The maximum atomic E-state index is 3.82. The van der Waals surface area contributed by atoms with Crippen molar-refractivity contribution >= 4 is 0 Å². The van der Waals surface area contributed by atoms with Crippen LogP contribution in [0.15, 0.2) is 0 Å². The first kappa shape index (κ1) is 14.3. The first-order valence-corrected chi connectivity index (χ1v) is 8.21. The monoisotopic (exact) mass is 252 g/mol. The molecule has 1 N–H and O–H groups in total. The zero-order valence-corrected chi connectivity index (χ0v) is 12.7. The minimum Gasteiger partial charge on any atom is -0.308 e. The van der Waals surface area contributed by atoms with Crippen LogP contribution in [0.1, 0.15) is 72.1 Å². The highest BCUT2D eigenvalue weighted by atomic mass is 15.3. The van der Waals surface area contributed by atoms with E-state index in [-0.39, 0.29) is 0 Å². The lowest BCUT2D eigenvalue weighted by molar-refractivity contribution is 0.0384. The molecular formula is C16H32N2. The molecule has 1 heterocycles. The lowest BCUT2D eigenvalue weighted by Gasteiger charge is -2.49. The number of rotatable bonds is 3. The summed E-state index contributed by atoms with van der Waals surface area (Å²) in [4.78, 5) is 2.84. The van der Waals surface area contributed by atoms with E-state index >= 15 is 0 Å². The van der Waals surface area contributed by atoms with E-state index in [1.54, 1.807) is 0 Å². The van der Waals surface area contributed by atoms with E-state index in [0.717, 1.165) is 12.1 Å². The summed E-state index contributed by atoms with van der Waals surface area (Å²) >= 11 is 0. The van der Waals surface area contributed by atoms with Crippen LogP contribution in [0.25, 0.3) is 0 Å². The average Bonchev–Trinajstić information content (AvgIpc) is 2.69. The molecule has 0 spiro atoms. The number of piperazine rings is 1. The van der Waals surface area contributed by atoms with Gasteiger partial charge in [-0.2, -0.15) is 0 Å².